The van der Waals surface area contributed by atoms with Crippen LogP contribution < -0.4 is 16.6 Å². The average molecular weight is 285 g/mol. The highest BCUT2D eigenvalue weighted by atomic mass is 32.2. The summed E-state index contributed by atoms with van der Waals surface area (Å²) in [6.45, 7) is 1.96. The summed E-state index contributed by atoms with van der Waals surface area (Å²) in [7, 11) is -2.84. The molecule has 0 aromatic carbocycles. The van der Waals surface area contributed by atoms with Crippen LogP contribution in [0.1, 0.15) is 25.6 Å². The number of nitrogen functional groups attached to an aromatic ring is 1. The zero-order chi connectivity index (χ0) is 13.9. The Morgan fingerprint density at radius 3 is 2.53 bits per heavy atom. The molecule has 2 rings (SSSR count). The summed E-state index contributed by atoms with van der Waals surface area (Å²) in [4.78, 5) is 8.57. The number of sulfone groups is 1. The fourth-order valence-corrected chi connectivity index (χ4v) is 3.54. The van der Waals surface area contributed by atoms with Gasteiger partial charge in [-0.05, 0) is 12.8 Å². The topological polar surface area (TPSA) is 110 Å². The summed E-state index contributed by atoms with van der Waals surface area (Å²) < 4.78 is 22.7. The molecule has 8 heteroatoms. The number of aromatic nitrogens is 2. The lowest BCUT2D eigenvalue weighted by Crippen LogP contribution is -2.32. The van der Waals surface area contributed by atoms with Crippen LogP contribution >= 0.6 is 0 Å². The second kappa shape index (κ2) is 5.70. The third-order valence-electron chi connectivity index (χ3n) is 3.14. The van der Waals surface area contributed by atoms with Gasteiger partial charge in [0.1, 0.15) is 27.3 Å². The molecule has 0 amide bonds. The van der Waals surface area contributed by atoms with Crippen LogP contribution in [0.4, 0.5) is 11.6 Å². The van der Waals surface area contributed by atoms with Crippen molar-refractivity contribution >= 4 is 21.5 Å². The third-order valence-corrected chi connectivity index (χ3v) is 4.86. The number of nitrogens with two attached hydrogens (primary N) is 1. The predicted molar refractivity (Wildman–Crippen MR) is 74.5 cm³/mol. The van der Waals surface area contributed by atoms with E-state index in [1.807, 2.05) is 6.92 Å². The van der Waals surface area contributed by atoms with Gasteiger partial charge in [0.2, 0.25) is 0 Å². The largest absolute Gasteiger partial charge is 0.367 e. The van der Waals surface area contributed by atoms with Gasteiger partial charge in [0.05, 0.1) is 11.5 Å². The van der Waals surface area contributed by atoms with Gasteiger partial charge >= 0.3 is 0 Å². The number of hydrazine groups is 1. The highest BCUT2D eigenvalue weighted by Gasteiger charge is 2.23. The van der Waals surface area contributed by atoms with Gasteiger partial charge in [-0.25, -0.2) is 24.2 Å². The fraction of sp³-hybridized carbons (Fsp3) is 0.636. The lowest BCUT2D eigenvalue weighted by molar-refractivity contribution is 0.559. The molecule has 1 aliphatic rings. The third kappa shape index (κ3) is 3.77. The molecule has 0 unspecified atom stereocenters. The van der Waals surface area contributed by atoms with Gasteiger partial charge in [0, 0.05) is 18.5 Å². The number of aryl methyl sites for hydroxylation is 1. The van der Waals surface area contributed by atoms with E-state index in [4.69, 9.17) is 5.84 Å². The van der Waals surface area contributed by atoms with Gasteiger partial charge in [-0.15, -0.1) is 0 Å². The molecule has 0 atom stereocenters. The van der Waals surface area contributed by atoms with Crippen LogP contribution in [-0.4, -0.2) is 35.9 Å². The van der Waals surface area contributed by atoms with E-state index in [9.17, 15) is 8.42 Å². The van der Waals surface area contributed by atoms with Gasteiger partial charge in [-0.1, -0.05) is 6.92 Å². The summed E-state index contributed by atoms with van der Waals surface area (Å²) in [6, 6.07) is 1.86. The van der Waals surface area contributed by atoms with E-state index in [-0.39, 0.29) is 17.5 Å². The first-order valence-electron chi connectivity index (χ1n) is 6.34. The van der Waals surface area contributed by atoms with E-state index in [0.29, 0.717) is 36.7 Å². The van der Waals surface area contributed by atoms with Crippen LogP contribution in [-0.2, 0) is 16.3 Å². The van der Waals surface area contributed by atoms with Crippen LogP contribution in [0.2, 0.25) is 0 Å². The molecular weight excluding hydrogens is 266 g/mol. The van der Waals surface area contributed by atoms with Crippen molar-refractivity contribution in [2.24, 2.45) is 5.84 Å². The summed E-state index contributed by atoms with van der Waals surface area (Å²) in [5.41, 5.74) is 2.51. The SMILES string of the molecule is CCc1nc(NN)cc(NC2CCS(=O)(=O)CC2)n1. The van der Waals surface area contributed by atoms with Gasteiger partial charge in [-0.3, -0.25) is 0 Å². The van der Waals surface area contributed by atoms with E-state index in [1.54, 1.807) is 6.07 Å². The molecule has 2 heterocycles. The van der Waals surface area contributed by atoms with Crippen molar-refractivity contribution in [1.29, 1.82) is 0 Å². The minimum Gasteiger partial charge on any atom is -0.367 e. The minimum absolute atomic E-state index is 0.133. The van der Waals surface area contributed by atoms with Crippen molar-refractivity contribution in [3.8, 4) is 0 Å². The molecule has 4 N–H and O–H groups in total. The molecule has 0 aliphatic carbocycles. The molecule has 1 fully saturated rings. The van der Waals surface area contributed by atoms with Crippen molar-refractivity contribution < 1.29 is 8.42 Å². The minimum atomic E-state index is -2.84. The molecule has 19 heavy (non-hydrogen) atoms. The van der Waals surface area contributed by atoms with Crippen LogP contribution in [0.3, 0.4) is 0 Å². The Labute approximate surface area is 112 Å². The summed E-state index contributed by atoms with van der Waals surface area (Å²) in [5, 5.41) is 3.26. The Hall–Kier alpha value is -1.41. The van der Waals surface area contributed by atoms with Crippen LogP contribution in [0, 0.1) is 0 Å². The van der Waals surface area contributed by atoms with Gasteiger partial charge in [0.15, 0.2) is 0 Å². The van der Waals surface area contributed by atoms with Crippen LogP contribution in [0.15, 0.2) is 6.07 Å². The quantitative estimate of drug-likeness (QED) is 0.539. The molecule has 1 aliphatic heterocycles. The molecule has 0 saturated carbocycles. The van der Waals surface area contributed by atoms with Crippen LogP contribution in [0.25, 0.3) is 0 Å². The van der Waals surface area contributed by atoms with Gasteiger partial charge < -0.3 is 10.7 Å². The van der Waals surface area contributed by atoms with E-state index < -0.39 is 9.84 Å². The van der Waals surface area contributed by atoms with E-state index in [2.05, 4.69) is 20.7 Å². The summed E-state index contributed by atoms with van der Waals surface area (Å²) in [5.74, 6) is 7.77. The number of nitrogens with zero attached hydrogens (tertiary/aromatic N) is 2. The highest BCUT2D eigenvalue weighted by molar-refractivity contribution is 7.91. The molecule has 1 aromatic rings. The van der Waals surface area contributed by atoms with Crippen molar-refractivity contribution in [2.45, 2.75) is 32.2 Å². The Morgan fingerprint density at radius 1 is 1.32 bits per heavy atom. The number of nitrogens with one attached hydrogen (secondary N) is 2. The standard InChI is InChI=1S/C11H19N5O2S/c1-2-9-14-10(7-11(15-9)16-12)13-8-3-5-19(17,18)6-4-8/h7-8H,2-6,12H2,1H3,(H2,13,14,15,16). The zero-order valence-electron chi connectivity index (χ0n) is 10.9. The molecular formula is C11H19N5O2S. The zero-order valence-corrected chi connectivity index (χ0v) is 11.7. The summed E-state index contributed by atoms with van der Waals surface area (Å²) in [6.07, 6.45) is 1.93. The lowest BCUT2D eigenvalue weighted by atomic mass is 10.1. The van der Waals surface area contributed by atoms with Crippen LogP contribution in [0.5, 0.6) is 0 Å². The predicted octanol–water partition coefficient (Wildman–Crippen LogP) is 0.314. The molecule has 7 nitrogen and oxygen atoms in total. The summed E-state index contributed by atoms with van der Waals surface area (Å²) >= 11 is 0. The maximum atomic E-state index is 11.4. The smallest absolute Gasteiger partial charge is 0.150 e. The average Bonchev–Trinajstić information content (AvgIpc) is 2.40. The van der Waals surface area contributed by atoms with Crippen molar-refractivity contribution in [2.75, 3.05) is 22.2 Å². The monoisotopic (exact) mass is 285 g/mol. The van der Waals surface area contributed by atoms with Crippen molar-refractivity contribution in [3.05, 3.63) is 11.9 Å². The normalized spacial score (nSPS) is 19.1. The van der Waals surface area contributed by atoms with Gasteiger partial charge in [-0.2, -0.15) is 0 Å². The Kier molecular flexibility index (Phi) is 4.20. The Bertz CT molecular complexity index is 510. The van der Waals surface area contributed by atoms with E-state index in [0.717, 1.165) is 0 Å². The maximum absolute atomic E-state index is 11.4. The second-order valence-corrected chi connectivity index (χ2v) is 6.93. The van der Waals surface area contributed by atoms with E-state index >= 15 is 0 Å². The first-order valence-corrected chi connectivity index (χ1v) is 8.16. The maximum Gasteiger partial charge on any atom is 0.150 e. The molecule has 0 spiro atoms. The Morgan fingerprint density at radius 2 is 1.95 bits per heavy atom. The molecule has 0 radical (unpaired) electrons. The first kappa shape index (κ1) is 14.0. The molecule has 0 bridgehead atoms. The number of anilines is 2. The molecule has 106 valence electrons. The molecule has 1 aromatic heterocycles. The second-order valence-electron chi connectivity index (χ2n) is 4.62. The van der Waals surface area contributed by atoms with Gasteiger partial charge in [0.25, 0.3) is 0 Å². The number of rotatable bonds is 4. The first-order chi connectivity index (χ1) is 9.02. The van der Waals surface area contributed by atoms with Crippen molar-refractivity contribution in [1.82, 2.24) is 9.97 Å². The Balaban J connectivity index is 2.07. The molecule has 1 saturated heterocycles. The number of hydrogen-bond acceptors (Lipinski definition) is 7. The van der Waals surface area contributed by atoms with Crippen molar-refractivity contribution in [3.63, 3.8) is 0 Å². The van der Waals surface area contributed by atoms with E-state index in [1.165, 1.54) is 0 Å². The fourth-order valence-electron chi connectivity index (χ4n) is 2.05. The number of hydrogen-bond donors (Lipinski definition) is 3. The highest BCUT2D eigenvalue weighted by Crippen LogP contribution is 2.18. The lowest BCUT2D eigenvalue weighted by Gasteiger charge is -2.23.